The fourth-order valence-corrected chi connectivity index (χ4v) is 4.10. The standard InChI is InChI=1S/C16H16Br3NO/c1-3-21-16-13(18)7-11(8-14(16)19)9-20-15-5-4-10(2)6-12(15)17/h4-8,20H,3,9H2,1-2H3. The molecule has 0 radical (unpaired) electrons. The molecule has 0 amide bonds. The predicted molar refractivity (Wildman–Crippen MR) is 99.2 cm³/mol. The maximum atomic E-state index is 5.60. The minimum Gasteiger partial charge on any atom is -0.492 e. The second-order valence-electron chi connectivity index (χ2n) is 4.66. The average molecular weight is 478 g/mol. The van der Waals surface area contributed by atoms with E-state index in [0.717, 1.165) is 31.4 Å². The number of anilines is 1. The van der Waals surface area contributed by atoms with E-state index in [-0.39, 0.29) is 0 Å². The smallest absolute Gasteiger partial charge is 0.147 e. The molecule has 0 aliphatic heterocycles. The highest BCUT2D eigenvalue weighted by Gasteiger charge is 2.09. The number of rotatable bonds is 5. The van der Waals surface area contributed by atoms with E-state index in [1.54, 1.807) is 0 Å². The van der Waals surface area contributed by atoms with Crippen LogP contribution < -0.4 is 10.1 Å². The zero-order valence-electron chi connectivity index (χ0n) is 11.8. The van der Waals surface area contributed by atoms with Crippen molar-refractivity contribution in [3.63, 3.8) is 0 Å². The molecule has 0 saturated carbocycles. The Morgan fingerprint density at radius 2 is 1.67 bits per heavy atom. The Bertz CT molecular complexity index is 620. The molecule has 1 N–H and O–H groups in total. The molecule has 0 heterocycles. The Labute approximate surface area is 150 Å². The molecule has 0 aliphatic carbocycles. The molecular weight excluding hydrogens is 462 g/mol. The third kappa shape index (κ3) is 4.47. The molecule has 21 heavy (non-hydrogen) atoms. The van der Waals surface area contributed by atoms with Gasteiger partial charge in [0, 0.05) is 16.7 Å². The van der Waals surface area contributed by atoms with Gasteiger partial charge in [-0.05, 0) is 97.0 Å². The number of benzene rings is 2. The molecule has 0 bridgehead atoms. The molecule has 2 aromatic rings. The molecule has 5 heteroatoms. The van der Waals surface area contributed by atoms with E-state index in [9.17, 15) is 0 Å². The first-order valence-electron chi connectivity index (χ1n) is 6.62. The summed E-state index contributed by atoms with van der Waals surface area (Å²) in [5, 5.41) is 3.43. The Morgan fingerprint density at radius 3 is 2.24 bits per heavy atom. The summed E-state index contributed by atoms with van der Waals surface area (Å²) >= 11 is 10.7. The van der Waals surface area contributed by atoms with Crippen LogP contribution in [-0.2, 0) is 6.54 Å². The van der Waals surface area contributed by atoms with Gasteiger partial charge in [0.15, 0.2) is 0 Å². The first-order valence-corrected chi connectivity index (χ1v) is 9.00. The molecule has 0 aliphatic rings. The van der Waals surface area contributed by atoms with Gasteiger partial charge < -0.3 is 10.1 Å². The minimum atomic E-state index is 0.644. The third-order valence-electron chi connectivity index (χ3n) is 2.95. The maximum absolute atomic E-state index is 5.60. The Morgan fingerprint density at radius 1 is 1.00 bits per heavy atom. The number of hydrogen-bond donors (Lipinski definition) is 1. The van der Waals surface area contributed by atoms with Gasteiger partial charge in [-0.3, -0.25) is 0 Å². The van der Waals surface area contributed by atoms with Crippen LogP contribution in [0, 0.1) is 6.92 Å². The first kappa shape index (κ1) is 16.8. The number of hydrogen-bond acceptors (Lipinski definition) is 2. The van der Waals surface area contributed by atoms with Gasteiger partial charge in [0.25, 0.3) is 0 Å². The van der Waals surface area contributed by atoms with Crippen molar-refractivity contribution in [2.24, 2.45) is 0 Å². The second kappa shape index (κ2) is 7.65. The van der Waals surface area contributed by atoms with Crippen LogP contribution in [0.4, 0.5) is 5.69 Å². The van der Waals surface area contributed by atoms with Gasteiger partial charge >= 0.3 is 0 Å². The normalized spacial score (nSPS) is 10.5. The van der Waals surface area contributed by atoms with Crippen molar-refractivity contribution in [2.75, 3.05) is 11.9 Å². The number of halogens is 3. The van der Waals surface area contributed by atoms with Crippen molar-refractivity contribution in [3.05, 3.63) is 54.9 Å². The van der Waals surface area contributed by atoms with Gasteiger partial charge in [-0.15, -0.1) is 0 Å². The highest BCUT2D eigenvalue weighted by Crippen LogP contribution is 2.35. The largest absolute Gasteiger partial charge is 0.492 e. The van der Waals surface area contributed by atoms with E-state index in [2.05, 4.69) is 90.4 Å². The van der Waals surface area contributed by atoms with Crippen LogP contribution >= 0.6 is 47.8 Å². The average Bonchev–Trinajstić information content (AvgIpc) is 2.42. The van der Waals surface area contributed by atoms with Crippen LogP contribution in [-0.4, -0.2) is 6.61 Å². The monoisotopic (exact) mass is 475 g/mol. The number of aryl methyl sites for hydroxylation is 1. The lowest BCUT2D eigenvalue weighted by atomic mass is 10.2. The molecule has 112 valence electrons. The number of nitrogens with one attached hydrogen (secondary N) is 1. The van der Waals surface area contributed by atoms with E-state index in [4.69, 9.17) is 4.74 Å². The van der Waals surface area contributed by atoms with Crippen LogP contribution in [0.25, 0.3) is 0 Å². The van der Waals surface area contributed by atoms with E-state index in [1.807, 2.05) is 6.92 Å². The lowest BCUT2D eigenvalue weighted by molar-refractivity contribution is 0.336. The van der Waals surface area contributed by atoms with Crippen molar-refractivity contribution >= 4 is 53.5 Å². The second-order valence-corrected chi connectivity index (χ2v) is 7.22. The molecule has 0 fully saturated rings. The zero-order chi connectivity index (χ0) is 15.4. The maximum Gasteiger partial charge on any atom is 0.147 e. The van der Waals surface area contributed by atoms with E-state index in [1.165, 1.54) is 11.1 Å². The molecule has 2 rings (SSSR count). The summed E-state index contributed by atoms with van der Waals surface area (Å²) in [6.07, 6.45) is 0. The van der Waals surface area contributed by atoms with Crippen molar-refractivity contribution in [1.29, 1.82) is 0 Å². The number of ether oxygens (including phenoxy) is 1. The van der Waals surface area contributed by atoms with Gasteiger partial charge in [0.05, 0.1) is 15.6 Å². The third-order valence-corrected chi connectivity index (χ3v) is 4.79. The lowest BCUT2D eigenvalue weighted by Gasteiger charge is -2.13. The quantitative estimate of drug-likeness (QED) is 0.546. The summed E-state index contributed by atoms with van der Waals surface area (Å²) in [6, 6.07) is 10.4. The Balaban J connectivity index is 2.13. The summed E-state index contributed by atoms with van der Waals surface area (Å²) in [7, 11) is 0. The molecule has 2 aromatic carbocycles. The summed E-state index contributed by atoms with van der Waals surface area (Å²) in [4.78, 5) is 0. The minimum absolute atomic E-state index is 0.644. The molecule has 0 atom stereocenters. The van der Waals surface area contributed by atoms with Gasteiger partial charge in [-0.1, -0.05) is 6.07 Å². The van der Waals surface area contributed by atoms with E-state index >= 15 is 0 Å². The van der Waals surface area contributed by atoms with Gasteiger partial charge in [-0.25, -0.2) is 0 Å². The van der Waals surface area contributed by atoms with E-state index in [0.29, 0.717) is 6.61 Å². The highest BCUT2D eigenvalue weighted by molar-refractivity contribution is 9.11. The van der Waals surface area contributed by atoms with Crippen molar-refractivity contribution in [1.82, 2.24) is 0 Å². The Kier molecular flexibility index (Phi) is 6.14. The lowest BCUT2D eigenvalue weighted by Crippen LogP contribution is -2.01. The summed E-state index contributed by atoms with van der Waals surface area (Å²) in [5.74, 6) is 0.845. The van der Waals surface area contributed by atoms with E-state index < -0.39 is 0 Å². The van der Waals surface area contributed by atoms with Gasteiger partial charge in [0.2, 0.25) is 0 Å². The summed E-state index contributed by atoms with van der Waals surface area (Å²) in [5.41, 5.74) is 3.49. The molecule has 0 unspecified atom stereocenters. The van der Waals surface area contributed by atoms with Crippen LogP contribution in [0.5, 0.6) is 5.75 Å². The zero-order valence-corrected chi connectivity index (χ0v) is 16.6. The Hall–Kier alpha value is -0.520. The van der Waals surface area contributed by atoms with Gasteiger partial charge in [-0.2, -0.15) is 0 Å². The SMILES string of the molecule is CCOc1c(Br)cc(CNc2ccc(C)cc2Br)cc1Br. The fraction of sp³-hybridized carbons (Fsp3) is 0.250. The summed E-state index contributed by atoms with van der Waals surface area (Å²) in [6.45, 7) is 5.44. The molecule has 0 saturated heterocycles. The molecule has 0 spiro atoms. The van der Waals surface area contributed by atoms with Crippen LogP contribution in [0.15, 0.2) is 43.7 Å². The van der Waals surface area contributed by atoms with Gasteiger partial charge in [0.1, 0.15) is 5.75 Å². The highest BCUT2D eigenvalue weighted by atomic mass is 79.9. The summed E-state index contributed by atoms with van der Waals surface area (Å²) < 4.78 is 8.59. The van der Waals surface area contributed by atoms with Crippen LogP contribution in [0.2, 0.25) is 0 Å². The predicted octanol–water partition coefficient (Wildman–Crippen LogP) is 6.29. The van der Waals surface area contributed by atoms with Crippen molar-refractivity contribution in [2.45, 2.75) is 20.4 Å². The first-order chi connectivity index (χ1) is 10.0. The topological polar surface area (TPSA) is 21.3 Å². The van der Waals surface area contributed by atoms with Crippen LogP contribution in [0.1, 0.15) is 18.1 Å². The molecule has 0 aromatic heterocycles. The molecular formula is C16H16Br3NO. The van der Waals surface area contributed by atoms with Crippen molar-refractivity contribution < 1.29 is 4.74 Å². The van der Waals surface area contributed by atoms with Crippen molar-refractivity contribution in [3.8, 4) is 5.75 Å². The van der Waals surface area contributed by atoms with Crippen LogP contribution in [0.3, 0.4) is 0 Å². The molecule has 2 nitrogen and oxygen atoms in total. The fourth-order valence-electron chi connectivity index (χ4n) is 1.96.